The van der Waals surface area contributed by atoms with E-state index >= 15 is 0 Å². The largest absolute Gasteiger partial charge is 0.463 e. The van der Waals surface area contributed by atoms with Gasteiger partial charge in [-0.2, -0.15) is 0 Å². The summed E-state index contributed by atoms with van der Waals surface area (Å²) in [6.07, 6.45) is 3.32. The first kappa shape index (κ1) is 13.8. The Bertz CT molecular complexity index is 411. The third-order valence-electron chi connectivity index (χ3n) is 2.21. The number of hydrogen-bond acceptors (Lipinski definition) is 3. The summed E-state index contributed by atoms with van der Waals surface area (Å²) in [7, 11) is 0. The number of rotatable bonds is 5. The minimum atomic E-state index is -0.270. The van der Waals surface area contributed by atoms with Crippen molar-refractivity contribution in [3.05, 3.63) is 41.5 Å². The van der Waals surface area contributed by atoms with Gasteiger partial charge in [0.05, 0.1) is 6.61 Å². The maximum atomic E-state index is 11.0. The van der Waals surface area contributed by atoms with Crippen LogP contribution in [0.4, 0.5) is 0 Å². The first-order chi connectivity index (χ1) is 8.13. The highest BCUT2D eigenvalue weighted by Crippen LogP contribution is 2.23. The Morgan fingerprint density at radius 3 is 2.82 bits per heavy atom. The molecule has 0 fully saturated rings. The molecule has 0 heterocycles. The number of carbonyl (C=O) groups is 1. The molecule has 0 aliphatic carbocycles. The van der Waals surface area contributed by atoms with Crippen LogP contribution in [0.15, 0.2) is 35.2 Å². The summed E-state index contributed by atoms with van der Waals surface area (Å²) >= 11 is 1.72. The van der Waals surface area contributed by atoms with E-state index < -0.39 is 0 Å². The molecule has 1 aromatic carbocycles. The number of thioether (sulfide) groups is 1. The molecule has 0 aliphatic rings. The second kappa shape index (κ2) is 7.17. The smallest absolute Gasteiger partial charge is 0.330 e. The molecular formula is C14H18O2S. The molecule has 2 nitrogen and oxygen atoms in total. The van der Waals surface area contributed by atoms with E-state index in [0.717, 1.165) is 5.75 Å². The second-order valence-electron chi connectivity index (χ2n) is 3.73. The van der Waals surface area contributed by atoms with Crippen LogP contribution in [-0.2, 0) is 9.53 Å². The summed E-state index contributed by atoms with van der Waals surface area (Å²) in [5.74, 6) is 0.511. The summed E-state index contributed by atoms with van der Waals surface area (Å²) in [5.41, 5.74) is 2.55. The molecule has 0 spiro atoms. The summed E-state index contributed by atoms with van der Waals surface area (Å²) in [5, 5.41) is 0. The van der Waals surface area contributed by atoms with Crippen LogP contribution in [0.1, 0.15) is 18.1 Å². The molecule has 92 valence electrons. The highest BCUT2D eigenvalue weighted by molar-refractivity contribution is 7.99. The molecule has 0 radical (unpaired) electrons. The van der Waals surface area contributed by atoms with Crippen LogP contribution in [0.2, 0.25) is 0 Å². The van der Waals surface area contributed by atoms with Crippen molar-refractivity contribution >= 4 is 17.7 Å². The van der Waals surface area contributed by atoms with Crippen molar-refractivity contribution in [3.63, 3.8) is 0 Å². The number of carbonyl (C=O) groups excluding carboxylic acids is 1. The van der Waals surface area contributed by atoms with Crippen molar-refractivity contribution in [2.45, 2.75) is 25.7 Å². The van der Waals surface area contributed by atoms with E-state index in [-0.39, 0.29) is 5.97 Å². The van der Waals surface area contributed by atoms with Gasteiger partial charge in [-0.3, -0.25) is 0 Å². The van der Waals surface area contributed by atoms with Crippen LogP contribution in [0.5, 0.6) is 0 Å². The van der Waals surface area contributed by atoms with Gasteiger partial charge in [0.2, 0.25) is 0 Å². The Labute approximate surface area is 107 Å². The Morgan fingerprint density at radius 1 is 1.41 bits per heavy atom. The standard InChI is InChI=1S/C14H18O2S/c1-4-16-14(15)6-5-9-17-13-8-7-11(2)10-12(13)3/h5-8,10H,4,9H2,1-3H3/b6-5+. The van der Waals surface area contributed by atoms with E-state index in [1.165, 1.54) is 22.1 Å². The average molecular weight is 250 g/mol. The number of hydrogen-bond donors (Lipinski definition) is 0. The third kappa shape index (κ3) is 5.09. The van der Waals surface area contributed by atoms with Gasteiger partial charge in [0.15, 0.2) is 0 Å². The van der Waals surface area contributed by atoms with Gasteiger partial charge in [-0.25, -0.2) is 4.79 Å². The van der Waals surface area contributed by atoms with Gasteiger partial charge in [-0.15, -0.1) is 11.8 Å². The zero-order chi connectivity index (χ0) is 12.7. The lowest BCUT2D eigenvalue weighted by molar-refractivity contribution is -0.137. The molecule has 1 aromatic rings. The van der Waals surface area contributed by atoms with Crippen LogP contribution in [-0.4, -0.2) is 18.3 Å². The molecule has 0 aromatic heterocycles. The van der Waals surface area contributed by atoms with E-state index in [0.29, 0.717) is 6.61 Å². The van der Waals surface area contributed by atoms with E-state index in [1.807, 2.05) is 6.08 Å². The van der Waals surface area contributed by atoms with E-state index in [9.17, 15) is 4.79 Å². The number of ether oxygens (including phenoxy) is 1. The normalized spacial score (nSPS) is 10.8. The number of aryl methyl sites for hydroxylation is 2. The topological polar surface area (TPSA) is 26.3 Å². The Hall–Kier alpha value is -1.22. The van der Waals surface area contributed by atoms with Gasteiger partial charge in [-0.05, 0) is 32.4 Å². The lowest BCUT2D eigenvalue weighted by atomic mass is 10.2. The third-order valence-corrected chi connectivity index (χ3v) is 3.33. The van der Waals surface area contributed by atoms with Crippen molar-refractivity contribution < 1.29 is 9.53 Å². The highest BCUT2D eigenvalue weighted by Gasteiger charge is 1.98. The highest BCUT2D eigenvalue weighted by atomic mass is 32.2. The van der Waals surface area contributed by atoms with Crippen LogP contribution >= 0.6 is 11.8 Å². The fraction of sp³-hybridized carbons (Fsp3) is 0.357. The molecule has 0 aliphatic heterocycles. The fourth-order valence-corrected chi connectivity index (χ4v) is 2.26. The van der Waals surface area contributed by atoms with Crippen LogP contribution < -0.4 is 0 Å². The average Bonchev–Trinajstić information content (AvgIpc) is 2.27. The molecule has 0 atom stereocenters. The lowest BCUT2D eigenvalue weighted by Gasteiger charge is -2.04. The van der Waals surface area contributed by atoms with Crippen molar-refractivity contribution in [1.82, 2.24) is 0 Å². The predicted molar refractivity (Wildman–Crippen MR) is 72.4 cm³/mol. The summed E-state index contributed by atoms with van der Waals surface area (Å²) in [6.45, 7) is 6.41. The second-order valence-corrected chi connectivity index (χ2v) is 4.80. The maximum absolute atomic E-state index is 11.0. The van der Waals surface area contributed by atoms with Crippen LogP contribution in [0.25, 0.3) is 0 Å². The van der Waals surface area contributed by atoms with Gasteiger partial charge in [-0.1, -0.05) is 23.8 Å². The molecule has 3 heteroatoms. The van der Waals surface area contributed by atoms with Gasteiger partial charge in [0.1, 0.15) is 0 Å². The predicted octanol–water partition coefficient (Wildman–Crippen LogP) is 3.51. The SMILES string of the molecule is CCOC(=O)/C=C/CSc1ccc(C)cc1C. The van der Waals surface area contributed by atoms with E-state index in [2.05, 4.69) is 32.0 Å². The first-order valence-corrected chi connectivity index (χ1v) is 6.65. The van der Waals surface area contributed by atoms with Crippen molar-refractivity contribution in [2.24, 2.45) is 0 Å². The number of esters is 1. The fourth-order valence-electron chi connectivity index (χ4n) is 1.43. The minimum Gasteiger partial charge on any atom is -0.463 e. The minimum absolute atomic E-state index is 0.270. The zero-order valence-electron chi connectivity index (χ0n) is 10.5. The summed E-state index contributed by atoms with van der Waals surface area (Å²) < 4.78 is 4.80. The molecule has 17 heavy (non-hydrogen) atoms. The van der Waals surface area contributed by atoms with Crippen molar-refractivity contribution in [2.75, 3.05) is 12.4 Å². The monoisotopic (exact) mass is 250 g/mol. The first-order valence-electron chi connectivity index (χ1n) is 5.67. The molecular weight excluding hydrogens is 232 g/mol. The molecule has 0 saturated heterocycles. The van der Waals surface area contributed by atoms with Gasteiger partial charge < -0.3 is 4.74 Å². The van der Waals surface area contributed by atoms with Crippen molar-refractivity contribution in [3.8, 4) is 0 Å². The van der Waals surface area contributed by atoms with E-state index in [1.54, 1.807) is 18.7 Å². The van der Waals surface area contributed by atoms with Crippen LogP contribution in [0, 0.1) is 13.8 Å². The molecule has 0 bridgehead atoms. The summed E-state index contributed by atoms with van der Waals surface area (Å²) in [6, 6.07) is 6.38. The maximum Gasteiger partial charge on any atom is 0.330 e. The lowest BCUT2D eigenvalue weighted by Crippen LogP contribution is -1.98. The Balaban J connectivity index is 2.43. The molecule has 0 amide bonds. The summed E-state index contributed by atoms with van der Waals surface area (Å²) in [4.78, 5) is 12.3. The van der Waals surface area contributed by atoms with Crippen LogP contribution in [0.3, 0.4) is 0 Å². The van der Waals surface area contributed by atoms with Gasteiger partial charge >= 0.3 is 5.97 Å². The Morgan fingerprint density at radius 2 is 2.18 bits per heavy atom. The van der Waals surface area contributed by atoms with Gasteiger partial charge in [0.25, 0.3) is 0 Å². The Kier molecular flexibility index (Phi) is 5.84. The molecule has 1 rings (SSSR count). The zero-order valence-corrected chi connectivity index (χ0v) is 11.3. The van der Waals surface area contributed by atoms with Crippen molar-refractivity contribution in [1.29, 1.82) is 0 Å². The quantitative estimate of drug-likeness (QED) is 0.454. The molecule has 0 N–H and O–H groups in total. The molecule has 0 saturated carbocycles. The van der Waals surface area contributed by atoms with Gasteiger partial charge in [0, 0.05) is 16.7 Å². The number of benzene rings is 1. The molecule has 0 unspecified atom stereocenters. The van der Waals surface area contributed by atoms with E-state index in [4.69, 9.17) is 4.74 Å².